The van der Waals surface area contributed by atoms with E-state index in [1.807, 2.05) is 37.8 Å². The number of fused-ring (bicyclic) bond motifs is 2. The summed E-state index contributed by atoms with van der Waals surface area (Å²) in [6.07, 6.45) is 1.72. The van der Waals surface area contributed by atoms with E-state index in [0.717, 1.165) is 38.2 Å². The Balaban J connectivity index is 1.31. The zero-order chi connectivity index (χ0) is 23.3. The fraction of sp³-hybridized carbons (Fsp3) is 0.625. The van der Waals surface area contributed by atoms with Crippen molar-refractivity contribution in [2.24, 2.45) is 0 Å². The van der Waals surface area contributed by atoms with Crippen LogP contribution in [0.25, 0.3) is 0 Å². The molecule has 2 saturated heterocycles. The number of ether oxygens (including phenoxy) is 2. The van der Waals surface area contributed by atoms with E-state index in [-0.39, 0.29) is 24.3 Å². The number of hydrogen-bond acceptors (Lipinski definition) is 6. The number of hydrogen-bond donors (Lipinski definition) is 1. The summed E-state index contributed by atoms with van der Waals surface area (Å²) in [4.78, 5) is 40.0. The monoisotopic (exact) mass is 445 g/mol. The van der Waals surface area contributed by atoms with Gasteiger partial charge in [0.15, 0.2) is 5.78 Å². The van der Waals surface area contributed by atoms with Crippen molar-refractivity contribution in [1.29, 1.82) is 0 Å². The topological polar surface area (TPSA) is 88.2 Å². The van der Waals surface area contributed by atoms with Crippen LogP contribution < -0.4 is 10.1 Å². The van der Waals surface area contributed by atoms with Gasteiger partial charge in [-0.05, 0) is 64.8 Å². The fourth-order valence-corrected chi connectivity index (χ4v) is 4.30. The molecule has 2 aliphatic rings. The number of piperazine rings is 1. The number of rotatable bonds is 9. The molecule has 0 unspecified atom stereocenters. The Morgan fingerprint density at radius 1 is 1.09 bits per heavy atom. The number of benzene rings is 1. The second kappa shape index (κ2) is 10.3. The van der Waals surface area contributed by atoms with Crippen LogP contribution in [0, 0.1) is 0 Å². The Bertz CT molecular complexity index is 818. The average molecular weight is 446 g/mol. The standard InChI is InChI=1S/C24H35N3O5/c1-17(28)18-6-8-21(9-7-18)31-13-5-12-26-15-20-14-19(26)16-27(20)22(29)10-11-25-23(30)32-24(2,3)4/h6-9,19-20H,5,10-16H2,1-4H3,(H,25,30)/t19-,20-/m1/s1. The van der Waals surface area contributed by atoms with E-state index in [1.165, 1.54) is 0 Å². The molecule has 176 valence electrons. The Labute approximate surface area is 190 Å². The number of Topliss-reactive ketones (excluding diaryl/α,β-unsaturated/α-hetero) is 1. The van der Waals surface area contributed by atoms with Crippen LogP contribution in [-0.4, -0.2) is 78.1 Å². The first-order valence-corrected chi connectivity index (χ1v) is 11.4. The van der Waals surface area contributed by atoms with E-state index < -0.39 is 11.7 Å². The van der Waals surface area contributed by atoms with Gasteiger partial charge in [-0.1, -0.05) is 0 Å². The minimum atomic E-state index is -0.545. The molecule has 0 radical (unpaired) electrons. The van der Waals surface area contributed by atoms with Gasteiger partial charge in [0.2, 0.25) is 5.91 Å². The maximum Gasteiger partial charge on any atom is 0.407 e. The summed E-state index contributed by atoms with van der Waals surface area (Å²) in [7, 11) is 0. The van der Waals surface area contributed by atoms with Gasteiger partial charge in [0, 0.05) is 50.2 Å². The summed E-state index contributed by atoms with van der Waals surface area (Å²) >= 11 is 0. The van der Waals surface area contributed by atoms with Gasteiger partial charge >= 0.3 is 6.09 Å². The summed E-state index contributed by atoms with van der Waals surface area (Å²) in [5, 5.41) is 2.65. The lowest BCUT2D eigenvalue weighted by atomic mass is 10.1. The number of carbonyl (C=O) groups is 3. The van der Waals surface area contributed by atoms with E-state index >= 15 is 0 Å². The Morgan fingerprint density at radius 3 is 2.41 bits per heavy atom. The van der Waals surface area contributed by atoms with Crippen LogP contribution in [0.5, 0.6) is 5.75 Å². The molecule has 8 heteroatoms. The van der Waals surface area contributed by atoms with Gasteiger partial charge in [-0.15, -0.1) is 0 Å². The molecule has 32 heavy (non-hydrogen) atoms. The van der Waals surface area contributed by atoms with Gasteiger partial charge in [-0.25, -0.2) is 4.79 Å². The third kappa shape index (κ3) is 6.69. The molecule has 2 aliphatic heterocycles. The Morgan fingerprint density at radius 2 is 1.81 bits per heavy atom. The lowest BCUT2D eigenvalue weighted by molar-refractivity contribution is -0.133. The van der Waals surface area contributed by atoms with Gasteiger partial charge in [0.25, 0.3) is 0 Å². The molecule has 2 atom stereocenters. The number of amides is 2. The molecular weight excluding hydrogens is 410 g/mol. The van der Waals surface area contributed by atoms with Crippen molar-refractivity contribution in [3.05, 3.63) is 29.8 Å². The second-order valence-electron chi connectivity index (χ2n) is 9.55. The lowest BCUT2D eigenvalue weighted by Gasteiger charge is -2.34. The minimum absolute atomic E-state index is 0.0486. The van der Waals surface area contributed by atoms with Crippen molar-refractivity contribution in [3.63, 3.8) is 0 Å². The van der Waals surface area contributed by atoms with Crippen molar-refractivity contribution in [2.75, 3.05) is 32.8 Å². The predicted molar refractivity (Wildman–Crippen MR) is 121 cm³/mol. The van der Waals surface area contributed by atoms with E-state index in [0.29, 0.717) is 24.6 Å². The van der Waals surface area contributed by atoms with Crippen LogP contribution in [0.15, 0.2) is 24.3 Å². The van der Waals surface area contributed by atoms with E-state index in [2.05, 4.69) is 10.2 Å². The molecule has 0 aliphatic carbocycles. The van der Waals surface area contributed by atoms with Crippen LogP contribution >= 0.6 is 0 Å². The number of nitrogens with one attached hydrogen (secondary N) is 1. The molecule has 2 amide bonds. The fourth-order valence-electron chi connectivity index (χ4n) is 4.30. The SMILES string of the molecule is CC(=O)c1ccc(OCCCN2C[C@H]3C[C@@H]2CN3C(=O)CCNC(=O)OC(C)(C)C)cc1. The van der Waals surface area contributed by atoms with Crippen molar-refractivity contribution >= 4 is 17.8 Å². The van der Waals surface area contributed by atoms with Gasteiger partial charge < -0.3 is 19.7 Å². The van der Waals surface area contributed by atoms with E-state index in [1.54, 1.807) is 19.1 Å². The molecule has 0 saturated carbocycles. The smallest absolute Gasteiger partial charge is 0.407 e. The third-order valence-electron chi connectivity index (χ3n) is 5.80. The molecule has 0 aromatic heterocycles. The highest BCUT2D eigenvalue weighted by atomic mass is 16.6. The summed E-state index contributed by atoms with van der Waals surface area (Å²) in [5.41, 5.74) is 0.141. The highest BCUT2D eigenvalue weighted by molar-refractivity contribution is 5.94. The van der Waals surface area contributed by atoms with Crippen LogP contribution in [0.4, 0.5) is 4.79 Å². The van der Waals surface area contributed by atoms with Crippen LogP contribution in [0.2, 0.25) is 0 Å². The van der Waals surface area contributed by atoms with Crippen molar-refractivity contribution in [2.45, 2.75) is 64.6 Å². The minimum Gasteiger partial charge on any atom is -0.494 e. The molecule has 2 bridgehead atoms. The van der Waals surface area contributed by atoms with E-state index in [4.69, 9.17) is 9.47 Å². The van der Waals surface area contributed by atoms with Crippen LogP contribution in [0.3, 0.4) is 0 Å². The molecule has 0 spiro atoms. The molecule has 1 N–H and O–H groups in total. The van der Waals surface area contributed by atoms with Crippen LogP contribution in [0.1, 0.15) is 57.3 Å². The van der Waals surface area contributed by atoms with Gasteiger partial charge in [-0.3, -0.25) is 14.5 Å². The normalized spacial score (nSPS) is 20.3. The number of alkyl carbamates (subject to hydrolysis) is 1. The van der Waals surface area contributed by atoms with Gasteiger partial charge in [0.05, 0.1) is 6.61 Å². The summed E-state index contributed by atoms with van der Waals surface area (Å²) < 4.78 is 11.0. The number of ketones is 1. The van der Waals surface area contributed by atoms with Crippen molar-refractivity contribution in [3.8, 4) is 5.75 Å². The number of nitrogens with zero attached hydrogens (tertiary/aromatic N) is 2. The first kappa shape index (κ1) is 24.0. The highest BCUT2D eigenvalue weighted by Gasteiger charge is 2.44. The van der Waals surface area contributed by atoms with Crippen molar-refractivity contribution in [1.82, 2.24) is 15.1 Å². The largest absolute Gasteiger partial charge is 0.494 e. The molecule has 8 nitrogen and oxygen atoms in total. The maximum atomic E-state index is 12.6. The highest BCUT2D eigenvalue weighted by Crippen LogP contribution is 2.31. The molecule has 1 aromatic rings. The zero-order valence-electron chi connectivity index (χ0n) is 19.6. The second-order valence-corrected chi connectivity index (χ2v) is 9.55. The molecule has 1 aromatic carbocycles. The van der Waals surface area contributed by atoms with Crippen LogP contribution in [-0.2, 0) is 9.53 Å². The summed E-state index contributed by atoms with van der Waals surface area (Å²) in [6, 6.07) is 7.88. The number of likely N-dealkylation sites (tertiary alicyclic amines) is 2. The Kier molecular flexibility index (Phi) is 7.77. The number of carbonyl (C=O) groups excluding carboxylic acids is 3. The summed E-state index contributed by atoms with van der Waals surface area (Å²) in [6.45, 7) is 10.5. The molecule has 3 rings (SSSR count). The first-order chi connectivity index (χ1) is 15.1. The van der Waals surface area contributed by atoms with Gasteiger partial charge in [0.1, 0.15) is 11.4 Å². The van der Waals surface area contributed by atoms with Gasteiger partial charge in [-0.2, -0.15) is 0 Å². The quantitative estimate of drug-likeness (QED) is 0.465. The zero-order valence-corrected chi connectivity index (χ0v) is 19.6. The lowest BCUT2D eigenvalue weighted by Crippen LogP contribution is -2.49. The maximum absolute atomic E-state index is 12.6. The molecule has 2 heterocycles. The molecular formula is C24H35N3O5. The Hall–Kier alpha value is -2.61. The summed E-state index contributed by atoms with van der Waals surface area (Å²) in [5.74, 6) is 0.910. The predicted octanol–water partition coefficient (Wildman–Crippen LogP) is 2.86. The van der Waals surface area contributed by atoms with Crippen molar-refractivity contribution < 1.29 is 23.9 Å². The molecule has 2 fully saturated rings. The average Bonchev–Trinajstić information content (AvgIpc) is 3.31. The van der Waals surface area contributed by atoms with E-state index in [9.17, 15) is 14.4 Å². The third-order valence-corrected chi connectivity index (χ3v) is 5.80. The first-order valence-electron chi connectivity index (χ1n) is 11.4.